The molecule has 0 unspecified atom stereocenters. The standard InChI is InChI=1S/C20H24N2O3S/c1-15-5-3-6-16(2)19(15)11-20(23)22(13-17-7-4-9-21-12-17)18-8-10-26(24,25)14-18/h3-7,9,12,18H,8,10-11,13-14H2,1-2H3/t18-/m1/s1. The van der Waals surface area contributed by atoms with Crippen LogP contribution < -0.4 is 0 Å². The van der Waals surface area contributed by atoms with Crippen LogP contribution in [0.1, 0.15) is 28.7 Å². The maximum absolute atomic E-state index is 13.1. The molecule has 1 fully saturated rings. The molecule has 1 saturated heterocycles. The lowest BCUT2D eigenvalue weighted by molar-refractivity contribution is -0.133. The van der Waals surface area contributed by atoms with E-state index in [0.717, 1.165) is 22.3 Å². The van der Waals surface area contributed by atoms with Gasteiger partial charge in [-0.05, 0) is 48.6 Å². The molecule has 0 spiro atoms. The number of sulfone groups is 1. The summed E-state index contributed by atoms with van der Waals surface area (Å²) in [6, 6.07) is 9.46. The van der Waals surface area contributed by atoms with Gasteiger partial charge in [0, 0.05) is 25.0 Å². The molecule has 1 aromatic heterocycles. The van der Waals surface area contributed by atoms with Crippen LogP contribution in [0.5, 0.6) is 0 Å². The number of pyridine rings is 1. The molecule has 2 heterocycles. The third-order valence-corrected chi connectivity index (χ3v) is 6.77. The van der Waals surface area contributed by atoms with Gasteiger partial charge in [-0.25, -0.2) is 8.42 Å². The van der Waals surface area contributed by atoms with E-state index in [1.165, 1.54) is 0 Å². The third kappa shape index (κ3) is 4.30. The molecular formula is C20H24N2O3S. The molecule has 5 nitrogen and oxygen atoms in total. The van der Waals surface area contributed by atoms with Crippen LogP contribution in [0, 0.1) is 13.8 Å². The number of hydrogen-bond acceptors (Lipinski definition) is 4. The Morgan fingerprint density at radius 1 is 1.19 bits per heavy atom. The zero-order valence-electron chi connectivity index (χ0n) is 15.2. The van der Waals surface area contributed by atoms with Crippen molar-refractivity contribution in [3.63, 3.8) is 0 Å². The van der Waals surface area contributed by atoms with Crippen LogP contribution in [0.25, 0.3) is 0 Å². The molecule has 0 saturated carbocycles. The van der Waals surface area contributed by atoms with Crippen molar-refractivity contribution in [2.24, 2.45) is 0 Å². The van der Waals surface area contributed by atoms with E-state index in [9.17, 15) is 13.2 Å². The Labute approximate surface area is 155 Å². The first-order valence-corrected chi connectivity index (χ1v) is 10.6. The molecule has 1 aliphatic rings. The van der Waals surface area contributed by atoms with Gasteiger partial charge >= 0.3 is 0 Å². The van der Waals surface area contributed by atoms with Gasteiger partial charge in [-0.15, -0.1) is 0 Å². The summed E-state index contributed by atoms with van der Waals surface area (Å²) in [5.74, 6) is 0.164. The van der Waals surface area contributed by atoms with Crippen LogP contribution in [-0.4, -0.2) is 41.8 Å². The lowest BCUT2D eigenvalue weighted by atomic mass is 9.99. The van der Waals surface area contributed by atoms with Gasteiger partial charge in [0.25, 0.3) is 0 Å². The van der Waals surface area contributed by atoms with Gasteiger partial charge in [0.1, 0.15) is 0 Å². The van der Waals surface area contributed by atoms with Gasteiger partial charge < -0.3 is 4.90 Å². The van der Waals surface area contributed by atoms with Crippen LogP contribution in [-0.2, 0) is 27.6 Å². The highest BCUT2D eigenvalue weighted by Crippen LogP contribution is 2.22. The summed E-state index contributed by atoms with van der Waals surface area (Å²) in [6.45, 7) is 4.39. The molecule has 1 aromatic carbocycles. The lowest BCUT2D eigenvalue weighted by Crippen LogP contribution is -2.41. The number of hydrogen-bond donors (Lipinski definition) is 0. The van der Waals surface area contributed by atoms with Crippen molar-refractivity contribution >= 4 is 15.7 Å². The molecule has 26 heavy (non-hydrogen) atoms. The van der Waals surface area contributed by atoms with E-state index in [0.29, 0.717) is 13.0 Å². The molecule has 0 bridgehead atoms. The Morgan fingerprint density at radius 2 is 1.92 bits per heavy atom. The predicted molar refractivity (Wildman–Crippen MR) is 101 cm³/mol. The first-order valence-electron chi connectivity index (χ1n) is 8.79. The van der Waals surface area contributed by atoms with Crippen LogP contribution in [0.3, 0.4) is 0 Å². The summed E-state index contributed by atoms with van der Waals surface area (Å²) in [5.41, 5.74) is 4.10. The van der Waals surface area contributed by atoms with Crippen molar-refractivity contribution in [1.82, 2.24) is 9.88 Å². The number of amides is 1. The molecule has 0 radical (unpaired) electrons. The van der Waals surface area contributed by atoms with E-state index < -0.39 is 9.84 Å². The zero-order chi connectivity index (χ0) is 18.7. The second-order valence-corrected chi connectivity index (χ2v) is 9.22. The van der Waals surface area contributed by atoms with Crippen molar-refractivity contribution in [2.75, 3.05) is 11.5 Å². The number of nitrogens with zero attached hydrogens (tertiary/aromatic N) is 2. The minimum absolute atomic E-state index is 0.0339. The van der Waals surface area contributed by atoms with Gasteiger partial charge in [0.2, 0.25) is 5.91 Å². The Kier molecular flexibility index (Phi) is 5.41. The van der Waals surface area contributed by atoms with E-state index in [1.807, 2.05) is 44.2 Å². The van der Waals surface area contributed by atoms with E-state index in [2.05, 4.69) is 4.98 Å². The molecule has 3 rings (SSSR count). The average molecular weight is 372 g/mol. The summed E-state index contributed by atoms with van der Waals surface area (Å²) in [7, 11) is -3.06. The molecule has 0 aliphatic carbocycles. The Balaban J connectivity index is 1.86. The lowest BCUT2D eigenvalue weighted by Gasteiger charge is -2.29. The quantitative estimate of drug-likeness (QED) is 0.809. The second-order valence-electron chi connectivity index (χ2n) is 6.99. The highest BCUT2D eigenvalue weighted by atomic mass is 32.2. The second kappa shape index (κ2) is 7.58. The first-order chi connectivity index (χ1) is 12.4. The number of carbonyl (C=O) groups excluding carboxylic acids is 1. The Hall–Kier alpha value is -2.21. The van der Waals surface area contributed by atoms with Crippen LogP contribution in [0.15, 0.2) is 42.7 Å². The summed E-state index contributed by atoms with van der Waals surface area (Å²) < 4.78 is 23.9. The minimum atomic E-state index is -3.06. The third-order valence-electron chi connectivity index (χ3n) is 5.02. The van der Waals surface area contributed by atoms with E-state index in [-0.39, 0.29) is 29.9 Å². The van der Waals surface area contributed by atoms with Crippen molar-refractivity contribution in [3.8, 4) is 0 Å². The normalized spacial score (nSPS) is 18.6. The molecule has 2 aromatic rings. The van der Waals surface area contributed by atoms with Crippen LogP contribution in [0.2, 0.25) is 0 Å². The van der Waals surface area contributed by atoms with Crippen molar-refractivity contribution in [3.05, 3.63) is 65.0 Å². The summed E-state index contributed by atoms with van der Waals surface area (Å²) in [6.07, 6.45) is 4.20. The molecule has 1 aliphatic heterocycles. The van der Waals surface area contributed by atoms with Gasteiger partial charge in [-0.3, -0.25) is 9.78 Å². The smallest absolute Gasteiger partial charge is 0.227 e. The summed E-state index contributed by atoms with van der Waals surface area (Å²) in [5, 5.41) is 0. The van der Waals surface area contributed by atoms with Crippen molar-refractivity contribution in [1.29, 1.82) is 0 Å². The molecular weight excluding hydrogens is 348 g/mol. The maximum atomic E-state index is 13.1. The fraction of sp³-hybridized carbons (Fsp3) is 0.400. The minimum Gasteiger partial charge on any atom is -0.334 e. The molecule has 1 atom stereocenters. The zero-order valence-corrected chi connectivity index (χ0v) is 16.0. The predicted octanol–water partition coefficient (Wildman–Crippen LogP) is 2.46. The fourth-order valence-corrected chi connectivity index (χ4v) is 5.24. The van der Waals surface area contributed by atoms with Gasteiger partial charge in [-0.2, -0.15) is 0 Å². The molecule has 0 N–H and O–H groups in total. The fourth-order valence-electron chi connectivity index (χ4n) is 3.51. The van der Waals surface area contributed by atoms with Crippen molar-refractivity contribution < 1.29 is 13.2 Å². The van der Waals surface area contributed by atoms with Gasteiger partial charge in [0.05, 0.1) is 17.9 Å². The monoisotopic (exact) mass is 372 g/mol. The topological polar surface area (TPSA) is 67.3 Å². The van der Waals surface area contributed by atoms with Crippen LogP contribution >= 0.6 is 0 Å². The number of aromatic nitrogens is 1. The van der Waals surface area contributed by atoms with Crippen LogP contribution in [0.4, 0.5) is 0 Å². The van der Waals surface area contributed by atoms with Gasteiger partial charge in [0.15, 0.2) is 9.84 Å². The van der Waals surface area contributed by atoms with Crippen molar-refractivity contribution in [2.45, 2.75) is 39.3 Å². The molecule has 138 valence electrons. The van der Waals surface area contributed by atoms with E-state index in [1.54, 1.807) is 17.3 Å². The summed E-state index contributed by atoms with van der Waals surface area (Å²) >= 11 is 0. The largest absolute Gasteiger partial charge is 0.334 e. The highest BCUT2D eigenvalue weighted by Gasteiger charge is 2.34. The van der Waals surface area contributed by atoms with E-state index in [4.69, 9.17) is 0 Å². The Bertz CT molecular complexity index is 874. The molecule has 6 heteroatoms. The number of aryl methyl sites for hydroxylation is 2. The number of carbonyl (C=O) groups is 1. The Morgan fingerprint density at radius 3 is 2.50 bits per heavy atom. The summed E-state index contributed by atoms with van der Waals surface area (Å²) in [4.78, 5) is 19.0. The highest BCUT2D eigenvalue weighted by molar-refractivity contribution is 7.91. The number of rotatable bonds is 5. The maximum Gasteiger partial charge on any atom is 0.227 e. The first kappa shape index (κ1) is 18.6. The van der Waals surface area contributed by atoms with E-state index >= 15 is 0 Å². The molecule has 1 amide bonds. The SMILES string of the molecule is Cc1cccc(C)c1CC(=O)N(Cc1cccnc1)[C@@H]1CCS(=O)(=O)C1. The number of benzene rings is 1. The van der Waals surface area contributed by atoms with Gasteiger partial charge in [-0.1, -0.05) is 24.3 Å². The average Bonchev–Trinajstić information content (AvgIpc) is 2.96.